The van der Waals surface area contributed by atoms with Crippen LogP contribution in [0.15, 0.2) is 0 Å². The van der Waals surface area contributed by atoms with Gasteiger partial charge in [-0.15, -0.1) is 0 Å². The van der Waals surface area contributed by atoms with E-state index < -0.39 is 0 Å². The molecule has 0 bridgehead atoms. The van der Waals surface area contributed by atoms with Gasteiger partial charge in [0.05, 0.1) is 0 Å². The summed E-state index contributed by atoms with van der Waals surface area (Å²) in [7, 11) is 0. The van der Waals surface area contributed by atoms with Crippen LogP contribution in [0.5, 0.6) is 0 Å². The number of amides is 1. The number of carbonyl (C=O) groups is 1. The van der Waals surface area contributed by atoms with Crippen molar-refractivity contribution >= 4 is 5.91 Å². The molecule has 1 amide bonds. The third kappa shape index (κ3) is 7.37. The number of primary amides is 1. The molecule has 0 aromatic rings. The third-order valence-corrected chi connectivity index (χ3v) is 2.64. The highest BCUT2D eigenvalue weighted by Crippen LogP contribution is 2.19. The Balaban J connectivity index is 4.19. The van der Waals surface area contributed by atoms with Gasteiger partial charge in [-0.1, -0.05) is 20.8 Å². The molecule has 0 spiro atoms. The van der Waals surface area contributed by atoms with Crippen LogP contribution < -0.4 is 11.1 Å². The Morgan fingerprint density at radius 3 is 2.47 bits per heavy atom. The zero-order valence-electron chi connectivity index (χ0n) is 10.6. The van der Waals surface area contributed by atoms with Gasteiger partial charge in [-0.25, -0.2) is 0 Å². The smallest absolute Gasteiger partial charge is 0.219 e. The molecule has 3 heteroatoms. The maximum atomic E-state index is 11.0. The van der Waals surface area contributed by atoms with Gasteiger partial charge in [-0.3, -0.25) is 4.79 Å². The van der Waals surface area contributed by atoms with Crippen LogP contribution in [-0.4, -0.2) is 18.0 Å². The molecule has 3 nitrogen and oxygen atoms in total. The average molecular weight is 214 g/mol. The van der Waals surface area contributed by atoms with Crippen LogP contribution in [0, 0.1) is 5.92 Å². The van der Waals surface area contributed by atoms with Crippen molar-refractivity contribution in [1.29, 1.82) is 0 Å². The van der Waals surface area contributed by atoms with Gasteiger partial charge in [0.2, 0.25) is 5.91 Å². The molecule has 0 rings (SSSR count). The predicted octanol–water partition coefficient (Wildman–Crippen LogP) is 2.06. The first-order valence-corrected chi connectivity index (χ1v) is 5.93. The zero-order chi connectivity index (χ0) is 11.9. The van der Waals surface area contributed by atoms with Crippen molar-refractivity contribution in [3.63, 3.8) is 0 Å². The highest BCUT2D eigenvalue weighted by molar-refractivity contribution is 5.75. The Morgan fingerprint density at radius 2 is 2.07 bits per heavy atom. The lowest BCUT2D eigenvalue weighted by Gasteiger charge is -2.30. The molecule has 0 radical (unpaired) electrons. The summed E-state index contributed by atoms with van der Waals surface area (Å²) < 4.78 is 0. The molecule has 0 aromatic carbocycles. The summed E-state index contributed by atoms with van der Waals surface area (Å²) in [6.45, 7) is 9.56. The van der Waals surface area contributed by atoms with Crippen LogP contribution in [0.3, 0.4) is 0 Å². The van der Waals surface area contributed by atoms with Crippen molar-refractivity contribution < 1.29 is 4.79 Å². The lowest BCUT2D eigenvalue weighted by molar-refractivity contribution is -0.119. The zero-order valence-corrected chi connectivity index (χ0v) is 10.6. The van der Waals surface area contributed by atoms with Crippen molar-refractivity contribution in [1.82, 2.24) is 5.32 Å². The molecule has 0 aliphatic heterocycles. The standard InChI is InChI=1S/C12H26N2O/c1-5-8-14-12(4,9-11(13)15)7-6-10(2)3/h10,14H,5-9H2,1-4H3,(H2,13,15). The fourth-order valence-electron chi connectivity index (χ4n) is 1.66. The maximum Gasteiger partial charge on any atom is 0.219 e. The summed E-state index contributed by atoms with van der Waals surface area (Å²) in [6, 6.07) is 0. The molecular formula is C12H26N2O. The topological polar surface area (TPSA) is 55.1 Å². The molecule has 0 fully saturated rings. The summed E-state index contributed by atoms with van der Waals surface area (Å²) in [5.41, 5.74) is 5.16. The van der Waals surface area contributed by atoms with Crippen molar-refractivity contribution in [3.8, 4) is 0 Å². The fourth-order valence-corrected chi connectivity index (χ4v) is 1.66. The summed E-state index contributed by atoms with van der Waals surface area (Å²) in [5, 5.41) is 3.43. The lowest BCUT2D eigenvalue weighted by atomic mass is 9.88. The average Bonchev–Trinajstić information content (AvgIpc) is 2.11. The second-order valence-corrected chi connectivity index (χ2v) is 5.06. The monoisotopic (exact) mass is 214 g/mol. The van der Waals surface area contributed by atoms with Crippen LogP contribution >= 0.6 is 0 Å². The molecule has 15 heavy (non-hydrogen) atoms. The molecular weight excluding hydrogens is 188 g/mol. The Bertz CT molecular complexity index is 192. The van der Waals surface area contributed by atoms with Gasteiger partial charge in [0, 0.05) is 12.0 Å². The first-order valence-electron chi connectivity index (χ1n) is 5.93. The molecule has 0 aliphatic carbocycles. The maximum absolute atomic E-state index is 11.0. The van der Waals surface area contributed by atoms with Gasteiger partial charge in [0.15, 0.2) is 0 Å². The largest absolute Gasteiger partial charge is 0.370 e. The Labute approximate surface area is 93.8 Å². The van der Waals surface area contributed by atoms with Gasteiger partial charge < -0.3 is 11.1 Å². The van der Waals surface area contributed by atoms with Crippen molar-refractivity contribution in [2.24, 2.45) is 11.7 Å². The van der Waals surface area contributed by atoms with Crippen LogP contribution in [0.2, 0.25) is 0 Å². The molecule has 1 atom stereocenters. The van der Waals surface area contributed by atoms with Crippen LogP contribution in [0.4, 0.5) is 0 Å². The summed E-state index contributed by atoms with van der Waals surface area (Å²) in [6.07, 6.45) is 3.64. The molecule has 0 aromatic heterocycles. The Morgan fingerprint density at radius 1 is 1.47 bits per heavy atom. The molecule has 90 valence electrons. The van der Waals surface area contributed by atoms with Crippen molar-refractivity contribution in [2.45, 2.75) is 58.9 Å². The van der Waals surface area contributed by atoms with Gasteiger partial charge >= 0.3 is 0 Å². The van der Waals surface area contributed by atoms with E-state index in [9.17, 15) is 4.79 Å². The summed E-state index contributed by atoms with van der Waals surface area (Å²) >= 11 is 0. The van der Waals surface area contributed by atoms with Crippen molar-refractivity contribution in [3.05, 3.63) is 0 Å². The van der Waals surface area contributed by atoms with Crippen LogP contribution in [-0.2, 0) is 4.79 Å². The third-order valence-electron chi connectivity index (χ3n) is 2.64. The van der Waals surface area contributed by atoms with Gasteiger partial charge in [0.1, 0.15) is 0 Å². The van der Waals surface area contributed by atoms with Gasteiger partial charge in [-0.2, -0.15) is 0 Å². The number of hydrogen-bond donors (Lipinski definition) is 2. The van der Waals surface area contributed by atoms with E-state index in [2.05, 4.69) is 33.0 Å². The Kier molecular flexibility index (Phi) is 6.57. The van der Waals surface area contributed by atoms with Gasteiger partial charge in [0.25, 0.3) is 0 Å². The molecule has 3 N–H and O–H groups in total. The van der Waals surface area contributed by atoms with Gasteiger partial charge in [-0.05, 0) is 38.6 Å². The number of hydrogen-bond acceptors (Lipinski definition) is 2. The number of carbonyl (C=O) groups excluding carboxylic acids is 1. The highest BCUT2D eigenvalue weighted by Gasteiger charge is 2.25. The highest BCUT2D eigenvalue weighted by atomic mass is 16.1. The minimum absolute atomic E-state index is 0.119. The number of rotatable bonds is 8. The van der Waals surface area contributed by atoms with Crippen LogP contribution in [0.1, 0.15) is 53.4 Å². The van der Waals surface area contributed by atoms with E-state index in [0.717, 1.165) is 25.8 Å². The van der Waals surface area contributed by atoms with E-state index in [1.807, 2.05) is 0 Å². The quantitative estimate of drug-likeness (QED) is 0.650. The predicted molar refractivity (Wildman–Crippen MR) is 64.6 cm³/mol. The van der Waals surface area contributed by atoms with E-state index in [-0.39, 0.29) is 11.4 Å². The van der Waals surface area contributed by atoms with Crippen LogP contribution in [0.25, 0.3) is 0 Å². The molecule has 0 saturated heterocycles. The number of nitrogens with two attached hydrogens (primary N) is 1. The fraction of sp³-hybridized carbons (Fsp3) is 0.917. The summed E-state index contributed by atoms with van der Waals surface area (Å²) in [5.74, 6) is 0.450. The minimum atomic E-state index is -0.218. The molecule has 1 unspecified atom stereocenters. The molecule has 0 heterocycles. The SMILES string of the molecule is CCCNC(C)(CCC(C)C)CC(N)=O. The van der Waals surface area contributed by atoms with E-state index in [0.29, 0.717) is 12.3 Å². The normalized spacial score (nSPS) is 15.3. The van der Waals surface area contributed by atoms with E-state index >= 15 is 0 Å². The second-order valence-electron chi connectivity index (χ2n) is 5.06. The molecule has 0 aliphatic rings. The van der Waals surface area contributed by atoms with E-state index in [4.69, 9.17) is 5.73 Å². The lowest BCUT2D eigenvalue weighted by Crippen LogP contribution is -2.46. The number of nitrogens with one attached hydrogen (secondary N) is 1. The first kappa shape index (κ1) is 14.4. The van der Waals surface area contributed by atoms with E-state index in [1.165, 1.54) is 0 Å². The molecule has 0 saturated carbocycles. The van der Waals surface area contributed by atoms with Crippen molar-refractivity contribution in [2.75, 3.05) is 6.54 Å². The first-order chi connectivity index (χ1) is 6.89. The second kappa shape index (κ2) is 6.83. The van der Waals surface area contributed by atoms with E-state index in [1.54, 1.807) is 0 Å². The summed E-state index contributed by atoms with van der Waals surface area (Å²) in [4.78, 5) is 11.0. The minimum Gasteiger partial charge on any atom is -0.370 e. The Hall–Kier alpha value is -0.570.